The first-order chi connectivity index (χ1) is 9.25. The molecule has 2 atom stereocenters. The first kappa shape index (κ1) is 12.7. The van der Waals surface area contributed by atoms with Gasteiger partial charge >= 0.3 is 0 Å². The lowest BCUT2D eigenvalue weighted by atomic mass is 10.0. The molecule has 3 nitrogen and oxygen atoms in total. The molecule has 1 aromatic rings. The first-order valence-electron chi connectivity index (χ1n) is 7.21. The average molecular weight is 259 g/mol. The third-order valence-corrected chi connectivity index (χ3v) is 4.27. The number of benzene rings is 1. The van der Waals surface area contributed by atoms with Crippen LogP contribution in [-0.2, 0) is 9.53 Å². The summed E-state index contributed by atoms with van der Waals surface area (Å²) >= 11 is 0. The van der Waals surface area contributed by atoms with Crippen molar-refractivity contribution in [2.24, 2.45) is 11.8 Å². The lowest BCUT2D eigenvalue weighted by molar-refractivity contribution is -0.143. The largest absolute Gasteiger partial charge is 0.370 e. The molecule has 3 rings (SSSR count). The van der Waals surface area contributed by atoms with Gasteiger partial charge in [0.2, 0.25) is 5.91 Å². The van der Waals surface area contributed by atoms with Crippen LogP contribution in [0.25, 0.3) is 0 Å². The van der Waals surface area contributed by atoms with E-state index in [9.17, 15) is 4.79 Å². The Kier molecular flexibility index (Phi) is 3.56. The van der Waals surface area contributed by atoms with E-state index in [0.29, 0.717) is 25.0 Å². The van der Waals surface area contributed by atoms with E-state index < -0.39 is 0 Å². The van der Waals surface area contributed by atoms with Crippen molar-refractivity contribution in [3.63, 3.8) is 0 Å². The molecule has 1 saturated heterocycles. The maximum Gasteiger partial charge on any atom is 0.225 e. The summed E-state index contributed by atoms with van der Waals surface area (Å²) in [5, 5.41) is 0. The van der Waals surface area contributed by atoms with Crippen molar-refractivity contribution in [1.82, 2.24) is 4.90 Å². The summed E-state index contributed by atoms with van der Waals surface area (Å²) in [5.74, 6) is 1.13. The highest BCUT2D eigenvalue weighted by atomic mass is 16.5. The molecule has 2 aliphatic rings. The average Bonchev–Trinajstić information content (AvgIpc) is 3.31. The molecule has 2 unspecified atom stereocenters. The number of morpholine rings is 1. The molecule has 1 aliphatic carbocycles. The molecule has 19 heavy (non-hydrogen) atoms. The Balaban J connectivity index is 1.66. The normalized spacial score (nSPS) is 25.1. The Morgan fingerprint density at radius 3 is 2.74 bits per heavy atom. The number of nitrogens with zero attached hydrogens (tertiary/aromatic N) is 1. The van der Waals surface area contributed by atoms with Gasteiger partial charge in [-0.3, -0.25) is 4.79 Å². The van der Waals surface area contributed by atoms with Gasteiger partial charge in [0.15, 0.2) is 0 Å². The predicted molar refractivity (Wildman–Crippen MR) is 73.6 cm³/mol. The summed E-state index contributed by atoms with van der Waals surface area (Å²) in [6.07, 6.45) is 2.48. The quantitative estimate of drug-likeness (QED) is 0.835. The minimum absolute atomic E-state index is 0.0327. The first-order valence-corrected chi connectivity index (χ1v) is 7.21. The molecule has 0 bridgehead atoms. The second-order valence-electron chi connectivity index (χ2n) is 5.68. The fraction of sp³-hybridized carbons (Fsp3) is 0.562. The molecular weight excluding hydrogens is 238 g/mol. The highest BCUT2D eigenvalue weighted by molar-refractivity contribution is 5.79. The summed E-state index contributed by atoms with van der Waals surface area (Å²) in [5.41, 5.74) is 1.17. The Labute approximate surface area is 114 Å². The SMILES string of the molecule is CC(C(=O)N1CCOC(c2ccccc2)C1)C1CC1. The molecule has 0 N–H and O–H groups in total. The van der Waals surface area contributed by atoms with E-state index in [0.717, 1.165) is 6.54 Å². The van der Waals surface area contributed by atoms with Crippen LogP contribution in [-0.4, -0.2) is 30.5 Å². The van der Waals surface area contributed by atoms with Crippen molar-refractivity contribution < 1.29 is 9.53 Å². The van der Waals surface area contributed by atoms with E-state index in [-0.39, 0.29) is 12.0 Å². The molecule has 1 heterocycles. The molecule has 0 spiro atoms. The van der Waals surface area contributed by atoms with Gasteiger partial charge in [0.1, 0.15) is 6.10 Å². The van der Waals surface area contributed by atoms with Crippen LogP contribution in [0.3, 0.4) is 0 Å². The number of hydrogen-bond donors (Lipinski definition) is 0. The maximum atomic E-state index is 12.4. The van der Waals surface area contributed by atoms with E-state index in [1.54, 1.807) is 0 Å². The van der Waals surface area contributed by atoms with E-state index in [4.69, 9.17) is 4.74 Å². The number of carbonyl (C=O) groups excluding carboxylic acids is 1. The smallest absolute Gasteiger partial charge is 0.225 e. The van der Waals surface area contributed by atoms with Gasteiger partial charge in [-0.25, -0.2) is 0 Å². The molecule has 0 radical (unpaired) electrons. The monoisotopic (exact) mass is 259 g/mol. The topological polar surface area (TPSA) is 29.5 Å². The Hall–Kier alpha value is -1.35. The molecule has 1 aliphatic heterocycles. The second kappa shape index (κ2) is 5.33. The number of carbonyl (C=O) groups is 1. The molecule has 2 fully saturated rings. The van der Waals surface area contributed by atoms with Crippen LogP contribution in [0.5, 0.6) is 0 Å². The van der Waals surface area contributed by atoms with E-state index >= 15 is 0 Å². The maximum absolute atomic E-state index is 12.4. The van der Waals surface area contributed by atoms with Gasteiger partial charge in [-0.2, -0.15) is 0 Å². The zero-order chi connectivity index (χ0) is 13.2. The van der Waals surface area contributed by atoms with Crippen molar-refractivity contribution in [2.45, 2.75) is 25.9 Å². The minimum Gasteiger partial charge on any atom is -0.370 e. The van der Waals surface area contributed by atoms with Gasteiger partial charge in [0, 0.05) is 12.5 Å². The van der Waals surface area contributed by atoms with Crippen LogP contribution in [0.4, 0.5) is 0 Å². The third-order valence-electron chi connectivity index (χ3n) is 4.27. The van der Waals surface area contributed by atoms with Crippen LogP contribution >= 0.6 is 0 Å². The van der Waals surface area contributed by atoms with E-state index in [1.807, 2.05) is 23.1 Å². The fourth-order valence-corrected chi connectivity index (χ4v) is 2.80. The summed E-state index contributed by atoms with van der Waals surface area (Å²) in [7, 11) is 0. The highest BCUT2D eigenvalue weighted by Gasteiger charge is 2.36. The summed E-state index contributed by atoms with van der Waals surface area (Å²) in [4.78, 5) is 14.4. The Morgan fingerprint density at radius 1 is 1.32 bits per heavy atom. The van der Waals surface area contributed by atoms with Gasteiger partial charge < -0.3 is 9.64 Å². The van der Waals surface area contributed by atoms with E-state index in [1.165, 1.54) is 18.4 Å². The summed E-state index contributed by atoms with van der Waals surface area (Å²) < 4.78 is 5.81. The van der Waals surface area contributed by atoms with Crippen LogP contribution < -0.4 is 0 Å². The number of hydrogen-bond acceptors (Lipinski definition) is 2. The lowest BCUT2D eigenvalue weighted by Gasteiger charge is -2.34. The van der Waals surface area contributed by atoms with Crippen molar-refractivity contribution >= 4 is 5.91 Å². The zero-order valence-electron chi connectivity index (χ0n) is 11.4. The number of amides is 1. The second-order valence-corrected chi connectivity index (χ2v) is 5.68. The van der Waals surface area contributed by atoms with Crippen LogP contribution in [0.2, 0.25) is 0 Å². The fourth-order valence-electron chi connectivity index (χ4n) is 2.80. The standard InChI is InChI=1S/C16H21NO2/c1-12(13-7-8-13)16(18)17-9-10-19-15(11-17)14-5-3-2-4-6-14/h2-6,12-13,15H,7-11H2,1H3. The molecule has 1 saturated carbocycles. The third kappa shape index (κ3) is 2.81. The van der Waals surface area contributed by atoms with Crippen LogP contribution in [0.15, 0.2) is 30.3 Å². The van der Waals surface area contributed by atoms with Gasteiger partial charge in [-0.15, -0.1) is 0 Å². The predicted octanol–water partition coefficient (Wildman–Crippen LogP) is 2.63. The van der Waals surface area contributed by atoms with Gasteiger partial charge in [-0.05, 0) is 24.3 Å². The molecule has 0 aromatic heterocycles. The Morgan fingerprint density at radius 2 is 2.05 bits per heavy atom. The van der Waals surface area contributed by atoms with Crippen molar-refractivity contribution in [2.75, 3.05) is 19.7 Å². The lowest BCUT2D eigenvalue weighted by Crippen LogP contribution is -2.44. The summed E-state index contributed by atoms with van der Waals surface area (Å²) in [6.45, 7) is 4.15. The van der Waals surface area contributed by atoms with Crippen LogP contribution in [0, 0.1) is 11.8 Å². The molecular formula is C16H21NO2. The zero-order valence-corrected chi connectivity index (χ0v) is 11.4. The molecule has 102 valence electrons. The van der Waals surface area contributed by atoms with Crippen molar-refractivity contribution in [1.29, 1.82) is 0 Å². The molecule has 1 aromatic carbocycles. The molecule has 3 heteroatoms. The van der Waals surface area contributed by atoms with Crippen LogP contribution in [0.1, 0.15) is 31.4 Å². The number of rotatable bonds is 3. The molecule has 1 amide bonds. The Bertz CT molecular complexity index is 441. The van der Waals surface area contributed by atoms with Gasteiger partial charge in [-0.1, -0.05) is 37.3 Å². The van der Waals surface area contributed by atoms with Crippen molar-refractivity contribution in [3.8, 4) is 0 Å². The van der Waals surface area contributed by atoms with E-state index in [2.05, 4.69) is 19.1 Å². The van der Waals surface area contributed by atoms with Crippen molar-refractivity contribution in [3.05, 3.63) is 35.9 Å². The number of ether oxygens (including phenoxy) is 1. The van der Waals surface area contributed by atoms with Gasteiger partial charge in [0.05, 0.1) is 13.2 Å². The van der Waals surface area contributed by atoms with Gasteiger partial charge in [0.25, 0.3) is 0 Å². The summed E-state index contributed by atoms with van der Waals surface area (Å²) in [6, 6.07) is 10.2. The highest BCUT2D eigenvalue weighted by Crippen LogP contribution is 2.38. The minimum atomic E-state index is 0.0327.